The third-order valence-electron chi connectivity index (χ3n) is 4.79. The van der Waals surface area contributed by atoms with E-state index in [1.54, 1.807) is 7.11 Å². The van der Waals surface area contributed by atoms with E-state index >= 15 is 0 Å². The van der Waals surface area contributed by atoms with Gasteiger partial charge in [0, 0.05) is 51.8 Å². The molecule has 0 radical (unpaired) electrons. The lowest BCUT2D eigenvalue weighted by Crippen LogP contribution is -2.44. The molecule has 22 heavy (non-hydrogen) atoms. The van der Waals surface area contributed by atoms with Crippen molar-refractivity contribution in [3.63, 3.8) is 0 Å². The Morgan fingerprint density at radius 2 is 2.18 bits per heavy atom. The lowest BCUT2D eigenvalue weighted by molar-refractivity contribution is -0.0807. The molecule has 1 saturated carbocycles. The summed E-state index contributed by atoms with van der Waals surface area (Å²) < 4.78 is 11.2. The molecule has 2 aromatic heterocycles. The summed E-state index contributed by atoms with van der Waals surface area (Å²) >= 11 is 0. The van der Waals surface area contributed by atoms with Crippen LogP contribution in [0.3, 0.4) is 0 Å². The zero-order valence-corrected chi connectivity index (χ0v) is 12.9. The molecule has 4 rings (SSSR count). The van der Waals surface area contributed by atoms with Crippen molar-refractivity contribution in [1.29, 1.82) is 0 Å². The highest BCUT2D eigenvalue weighted by Crippen LogP contribution is 2.39. The predicted octanol–water partition coefficient (Wildman–Crippen LogP) is 2.44. The third-order valence-corrected chi connectivity index (χ3v) is 4.79. The molecule has 1 saturated heterocycles. The van der Waals surface area contributed by atoms with Crippen molar-refractivity contribution in [1.82, 2.24) is 15.0 Å². The van der Waals surface area contributed by atoms with E-state index in [1.807, 2.05) is 12.3 Å². The number of anilines is 1. The zero-order valence-electron chi connectivity index (χ0n) is 12.9. The number of aromatic amines is 1. The molecule has 0 unspecified atom stereocenters. The van der Waals surface area contributed by atoms with Crippen LogP contribution in [0.5, 0.6) is 0 Å². The van der Waals surface area contributed by atoms with Crippen molar-refractivity contribution in [2.24, 2.45) is 0 Å². The van der Waals surface area contributed by atoms with Gasteiger partial charge in [-0.2, -0.15) is 0 Å². The highest BCUT2D eigenvalue weighted by Gasteiger charge is 2.33. The Balaban J connectivity index is 1.58. The van der Waals surface area contributed by atoms with Gasteiger partial charge in [0.25, 0.3) is 0 Å². The van der Waals surface area contributed by atoms with Crippen molar-refractivity contribution < 1.29 is 9.47 Å². The maximum absolute atomic E-state index is 5.79. The van der Waals surface area contributed by atoms with E-state index in [9.17, 15) is 0 Å². The quantitative estimate of drug-likeness (QED) is 0.887. The normalized spacial score (nSPS) is 21.1. The minimum absolute atomic E-state index is 0.161. The Bertz CT molecular complexity index is 659. The van der Waals surface area contributed by atoms with Crippen molar-refractivity contribution in [2.45, 2.75) is 37.2 Å². The van der Waals surface area contributed by atoms with Gasteiger partial charge in [-0.3, -0.25) is 0 Å². The molecule has 2 aromatic rings. The standard InChI is InChI=1S/C16H22N4O2/c1-21-16(5-8-22-9-6-16)10-18-15-12-4-7-17-14(12)19-13(20-15)11-2-3-11/h4,7,11H,2-3,5-6,8-10H2,1H3,(H2,17,18,19,20). The maximum atomic E-state index is 5.79. The Kier molecular flexibility index (Phi) is 3.50. The minimum atomic E-state index is -0.161. The Labute approximate surface area is 129 Å². The summed E-state index contributed by atoms with van der Waals surface area (Å²) in [6.45, 7) is 2.26. The summed E-state index contributed by atoms with van der Waals surface area (Å²) in [6, 6.07) is 2.03. The predicted molar refractivity (Wildman–Crippen MR) is 84.1 cm³/mol. The van der Waals surface area contributed by atoms with Crippen LogP contribution >= 0.6 is 0 Å². The summed E-state index contributed by atoms with van der Waals surface area (Å²) in [5.41, 5.74) is 0.754. The SMILES string of the molecule is COC1(CNc2nc(C3CC3)nc3[nH]ccc23)CCOCC1. The molecule has 6 nitrogen and oxygen atoms in total. The van der Waals surface area contributed by atoms with Gasteiger partial charge in [-0.1, -0.05) is 0 Å². The van der Waals surface area contributed by atoms with Crippen molar-refractivity contribution >= 4 is 16.9 Å². The van der Waals surface area contributed by atoms with Crippen molar-refractivity contribution in [3.05, 3.63) is 18.1 Å². The number of hydrogen-bond acceptors (Lipinski definition) is 5. The summed E-state index contributed by atoms with van der Waals surface area (Å²) in [6.07, 6.45) is 6.14. The van der Waals surface area contributed by atoms with Crippen LogP contribution in [0.1, 0.15) is 37.4 Å². The minimum Gasteiger partial charge on any atom is -0.381 e. The molecule has 0 aromatic carbocycles. The molecule has 6 heteroatoms. The summed E-state index contributed by atoms with van der Waals surface area (Å²) in [4.78, 5) is 12.6. The van der Waals surface area contributed by atoms with E-state index in [0.29, 0.717) is 5.92 Å². The number of hydrogen-bond donors (Lipinski definition) is 2. The number of nitrogens with one attached hydrogen (secondary N) is 2. The molecule has 118 valence electrons. The molecule has 2 fully saturated rings. The fraction of sp³-hybridized carbons (Fsp3) is 0.625. The topological polar surface area (TPSA) is 72.1 Å². The van der Waals surface area contributed by atoms with Crippen LogP contribution in [0.15, 0.2) is 12.3 Å². The second kappa shape index (κ2) is 5.52. The van der Waals surface area contributed by atoms with Crippen LogP contribution in [0, 0.1) is 0 Å². The first-order chi connectivity index (χ1) is 10.8. The first-order valence-electron chi connectivity index (χ1n) is 8.01. The maximum Gasteiger partial charge on any atom is 0.143 e. The molecule has 0 atom stereocenters. The molecule has 1 aliphatic heterocycles. The Hall–Kier alpha value is -1.66. The number of rotatable bonds is 5. The summed E-state index contributed by atoms with van der Waals surface area (Å²) in [5.74, 6) is 2.40. The van der Waals surface area contributed by atoms with Crippen LogP contribution in [-0.4, -0.2) is 47.4 Å². The number of ether oxygens (including phenoxy) is 2. The van der Waals surface area contributed by atoms with Crippen molar-refractivity contribution in [3.8, 4) is 0 Å². The highest BCUT2D eigenvalue weighted by molar-refractivity contribution is 5.87. The van der Waals surface area contributed by atoms with Gasteiger partial charge in [0.05, 0.1) is 11.0 Å². The summed E-state index contributed by atoms with van der Waals surface area (Å²) in [7, 11) is 1.79. The van der Waals surface area contributed by atoms with E-state index in [2.05, 4.69) is 15.3 Å². The number of H-pyrrole nitrogens is 1. The van der Waals surface area contributed by atoms with Gasteiger partial charge in [-0.25, -0.2) is 9.97 Å². The van der Waals surface area contributed by atoms with E-state index in [0.717, 1.165) is 55.3 Å². The van der Waals surface area contributed by atoms with E-state index in [-0.39, 0.29) is 5.60 Å². The van der Waals surface area contributed by atoms with Gasteiger partial charge in [0.1, 0.15) is 17.3 Å². The number of fused-ring (bicyclic) bond motifs is 1. The summed E-state index contributed by atoms with van der Waals surface area (Å²) in [5, 5.41) is 4.55. The van der Waals surface area contributed by atoms with Crippen LogP contribution in [0.25, 0.3) is 11.0 Å². The first-order valence-corrected chi connectivity index (χ1v) is 8.01. The highest BCUT2D eigenvalue weighted by atomic mass is 16.5. The van der Waals surface area contributed by atoms with Gasteiger partial charge in [-0.15, -0.1) is 0 Å². The molecule has 2 aliphatic rings. The van der Waals surface area contributed by atoms with E-state index in [1.165, 1.54) is 12.8 Å². The second-order valence-electron chi connectivity index (χ2n) is 6.30. The first kappa shape index (κ1) is 14.0. The van der Waals surface area contributed by atoms with E-state index < -0.39 is 0 Å². The van der Waals surface area contributed by atoms with Gasteiger partial charge in [-0.05, 0) is 18.9 Å². The van der Waals surface area contributed by atoms with Crippen LogP contribution in [0.4, 0.5) is 5.82 Å². The van der Waals surface area contributed by atoms with Crippen molar-refractivity contribution in [2.75, 3.05) is 32.2 Å². The molecule has 1 aliphatic carbocycles. The lowest BCUT2D eigenvalue weighted by atomic mass is 9.94. The second-order valence-corrected chi connectivity index (χ2v) is 6.30. The number of methoxy groups -OCH3 is 1. The Morgan fingerprint density at radius 3 is 2.91 bits per heavy atom. The van der Waals surface area contributed by atoms with Gasteiger partial charge in [0.15, 0.2) is 0 Å². The molecule has 0 bridgehead atoms. The van der Waals surface area contributed by atoms with Crippen LogP contribution in [0.2, 0.25) is 0 Å². The van der Waals surface area contributed by atoms with E-state index in [4.69, 9.17) is 14.5 Å². The molecule has 3 heterocycles. The molecule has 0 spiro atoms. The van der Waals surface area contributed by atoms with Gasteiger partial charge >= 0.3 is 0 Å². The molecular weight excluding hydrogens is 280 g/mol. The third kappa shape index (κ3) is 2.57. The molecule has 2 N–H and O–H groups in total. The van der Waals surface area contributed by atoms with Crippen LogP contribution in [-0.2, 0) is 9.47 Å². The van der Waals surface area contributed by atoms with Crippen LogP contribution < -0.4 is 5.32 Å². The largest absolute Gasteiger partial charge is 0.381 e. The number of aromatic nitrogens is 3. The molecular formula is C16H22N4O2. The molecule has 0 amide bonds. The number of nitrogens with zero attached hydrogens (tertiary/aromatic N) is 2. The van der Waals surface area contributed by atoms with Gasteiger partial charge < -0.3 is 19.8 Å². The lowest BCUT2D eigenvalue weighted by Gasteiger charge is -2.36. The fourth-order valence-electron chi connectivity index (χ4n) is 3.06. The average molecular weight is 302 g/mol. The monoisotopic (exact) mass is 302 g/mol. The Morgan fingerprint density at radius 1 is 1.36 bits per heavy atom. The fourth-order valence-corrected chi connectivity index (χ4v) is 3.06. The smallest absolute Gasteiger partial charge is 0.143 e. The zero-order chi connectivity index (χ0) is 15.0. The van der Waals surface area contributed by atoms with Gasteiger partial charge in [0.2, 0.25) is 0 Å². The average Bonchev–Trinajstić information content (AvgIpc) is 3.31.